The van der Waals surface area contributed by atoms with Crippen molar-refractivity contribution in [1.29, 1.82) is 0 Å². The van der Waals surface area contributed by atoms with Gasteiger partial charge in [-0.1, -0.05) is 236 Å². The molecule has 0 bridgehead atoms. The molecular weight excluding hydrogens is 815 g/mol. The van der Waals surface area contributed by atoms with Crippen LogP contribution in [0.2, 0.25) is 0 Å². The van der Waals surface area contributed by atoms with Gasteiger partial charge in [0.15, 0.2) is 0 Å². The van der Waals surface area contributed by atoms with Gasteiger partial charge in [0, 0.05) is 6.42 Å². The van der Waals surface area contributed by atoms with Gasteiger partial charge in [-0.2, -0.15) is 0 Å². The van der Waals surface area contributed by atoms with E-state index in [1.165, 1.54) is 148 Å². The van der Waals surface area contributed by atoms with Gasteiger partial charge in [0.25, 0.3) is 0 Å². The molecule has 0 heterocycles. The third-order valence-corrected chi connectivity index (χ3v) is 12.8. The summed E-state index contributed by atoms with van der Waals surface area (Å²) in [6.07, 6.45) is 67.1. The van der Waals surface area contributed by atoms with E-state index in [2.05, 4.69) is 86.8 Å². The second-order valence-electron chi connectivity index (χ2n) is 19.3. The predicted octanol–water partition coefficient (Wildman–Crippen LogP) is 17.6. The highest BCUT2D eigenvalue weighted by Crippen LogP contribution is 2.18. The molecule has 0 aromatic carbocycles. The first-order chi connectivity index (χ1) is 32.5. The number of ether oxygens (including phenoxy) is 1. The van der Waals surface area contributed by atoms with Crippen molar-refractivity contribution in [1.82, 2.24) is 5.32 Å². The number of carbonyl (C=O) groups is 2. The minimum atomic E-state index is -0.793. The summed E-state index contributed by atoms with van der Waals surface area (Å²) in [6.45, 7) is 6.44. The summed E-state index contributed by atoms with van der Waals surface area (Å²) >= 11 is 0. The van der Waals surface area contributed by atoms with Crippen LogP contribution in [-0.2, 0) is 14.3 Å². The number of esters is 1. The lowest BCUT2D eigenvalue weighted by atomic mass is 10.0. The first-order valence-corrected chi connectivity index (χ1v) is 28.5. The number of unbranched alkanes of at least 4 members (excludes halogenated alkanes) is 29. The van der Waals surface area contributed by atoms with Crippen molar-refractivity contribution < 1.29 is 24.5 Å². The zero-order valence-electron chi connectivity index (χ0n) is 43.8. The molecule has 6 nitrogen and oxygen atoms in total. The van der Waals surface area contributed by atoms with Gasteiger partial charge in [0.2, 0.25) is 5.91 Å². The van der Waals surface area contributed by atoms with E-state index < -0.39 is 18.2 Å². The summed E-state index contributed by atoms with van der Waals surface area (Å²) in [5.74, 6) is -0.489. The monoisotopic (exact) mass is 924 g/mol. The summed E-state index contributed by atoms with van der Waals surface area (Å²) < 4.78 is 5.96. The fraction of sp³-hybridized carbons (Fsp3) is 0.800. The van der Waals surface area contributed by atoms with Crippen molar-refractivity contribution in [2.24, 2.45) is 0 Å². The van der Waals surface area contributed by atoms with Crippen molar-refractivity contribution in [3.63, 3.8) is 0 Å². The van der Waals surface area contributed by atoms with Crippen molar-refractivity contribution in [2.45, 2.75) is 302 Å². The second kappa shape index (κ2) is 53.5. The first kappa shape index (κ1) is 63.6. The Morgan fingerprint density at radius 2 is 0.773 bits per heavy atom. The van der Waals surface area contributed by atoms with Crippen LogP contribution in [0, 0.1) is 0 Å². The molecule has 0 saturated heterocycles. The summed E-state index contributed by atoms with van der Waals surface area (Å²) in [7, 11) is 0. The Bertz CT molecular complexity index is 1170. The second-order valence-corrected chi connectivity index (χ2v) is 19.3. The van der Waals surface area contributed by atoms with E-state index in [0.717, 1.165) is 89.9 Å². The summed E-state index contributed by atoms with van der Waals surface area (Å²) in [5, 5.41) is 23.8. The van der Waals surface area contributed by atoms with E-state index in [9.17, 15) is 19.8 Å². The van der Waals surface area contributed by atoms with E-state index >= 15 is 0 Å². The molecular formula is C60H109NO5. The van der Waals surface area contributed by atoms with Crippen LogP contribution in [0.15, 0.2) is 60.8 Å². The van der Waals surface area contributed by atoms with Crippen molar-refractivity contribution in [2.75, 3.05) is 6.61 Å². The molecule has 0 saturated carbocycles. The highest BCUT2D eigenvalue weighted by molar-refractivity contribution is 5.77. The van der Waals surface area contributed by atoms with Crippen LogP contribution in [0.5, 0.6) is 0 Å². The van der Waals surface area contributed by atoms with Gasteiger partial charge in [0.05, 0.1) is 25.2 Å². The van der Waals surface area contributed by atoms with E-state index in [-0.39, 0.29) is 24.9 Å². The summed E-state index contributed by atoms with van der Waals surface area (Å²) in [4.78, 5) is 26.3. The van der Waals surface area contributed by atoms with Crippen LogP contribution in [0.1, 0.15) is 284 Å². The minimum Gasteiger partial charge on any atom is -0.462 e. The molecule has 3 N–H and O–H groups in total. The van der Waals surface area contributed by atoms with Gasteiger partial charge < -0.3 is 20.3 Å². The maximum absolute atomic E-state index is 13.3. The van der Waals surface area contributed by atoms with E-state index in [0.29, 0.717) is 19.3 Å². The lowest BCUT2D eigenvalue weighted by molar-refractivity contribution is -0.151. The van der Waals surface area contributed by atoms with Gasteiger partial charge >= 0.3 is 5.97 Å². The molecule has 0 fully saturated rings. The van der Waals surface area contributed by atoms with Crippen molar-refractivity contribution in [3.05, 3.63) is 60.8 Å². The number of allylic oxidation sites excluding steroid dienone is 10. The zero-order chi connectivity index (χ0) is 48.1. The molecule has 1 amide bonds. The number of amides is 1. The number of hydrogen-bond acceptors (Lipinski definition) is 5. The molecule has 0 rings (SSSR count). The van der Waals surface area contributed by atoms with Gasteiger partial charge in [-0.25, -0.2) is 0 Å². The highest BCUT2D eigenvalue weighted by atomic mass is 16.5. The molecule has 0 radical (unpaired) electrons. The van der Waals surface area contributed by atoms with E-state index in [4.69, 9.17) is 4.74 Å². The van der Waals surface area contributed by atoms with Gasteiger partial charge in [-0.05, 0) is 96.3 Å². The molecule has 3 unspecified atom stereocenters. The quantitative estimate of drug-likeness (QED) is 0.0321. The van der Waals surface area contributed by atoms with Crippen LogP contribution in [-0.4, -0.2) is 46.9 Å². The fourth-order valence-corrected chi connectivity index (χ4v) is 8.47. The molecule has 0 aliphatic carbocycles. The normalized spacial score (nSPS) is 13.6. The zero-order valence-corrected chi connectivity index (χ0v) is 43.8. The number of aliphatic hydroxyl groups is 2. The third-order valence-electron chi connectivity index (χ3n) is 12.8. The fourth-order valence-electron chi connectivity index (χ4n) is 8.47. The predicted molar refractivity (Wildman–Crippen MR) is 287 cm³/mol. The SMILES string of the molecule is CCCCC/C=C\C/C=C\C/C=C\CCCCCCCCC(=O)OC(CCCCCCCCC/C=C\C/C=C\CCCCC)CC(=O)NC(CO)C(O)CCCCCCCCCCCCC. The Morgan fingerprint density at radius 1 is 0.439 bits per heavy atom. The number of hydrogen-bond donors (Lipinski definition) is 3. The van der Waals surface area contributed by atoms with Gasteiger partial charge in [-0.15, -0.1) is 0 Å². The standard InChI is InChI=1S/C60H109NO5/c1-4-7-10-13-16-19-22-24-26-28-29-31-33-35-38-41-44-47-50-53-60(65)66-56(51-48-45-42-39-37-34-32-30-27-25-23-20-17-14-11-8-5-2)54-59(64)61-57(55-62)58(63)52-49-46-43-40-36-21-18-15-12-9-6-3/h16-17,19-20,24-27,29,31,56-58,62-63H,4-15,18,21-23,28,30,32-55H2,1-3H3,(H,61,64)/b19-16-,20-17-,26-24-,27-25-,31-29-. The molecule has 0 spiro atoms. The average Bonchev–Trinajstić information content (AvgIpc) is 3.31. The van der Waals surface area contributed by atoms with Crippen LogP contribution in [0.25, 0.3) is 0 Å². The third kappa shape index (κ3) is 48.0. The topological polar surface area (TPSA) is 95.9 Å². The molecule has 66 heavy (non-hydrogen) atoms. The molecule has 0 aromatic heterocycles. The largest absolute Gasteiger partial charge is 0.462 e. The number of aliphatic hydroxyl groups excluding tert-OH is 2. The Morgan fingerprint density at radius 3 is 1.20 bits per heavy atom. The molecule has 384 valence electrons. The molecule has 3 atom stereocenters. The number of carbonyl (C=O) groups excluding carboxylic acids is 2. The summed E-state index contributed by atoms with van der Waals surface area (Å²) in [5.41, 5.74) is 0. The molecule has 0 aromatic rings. The Hall–Kier alpha value is -2.44. The van der Waals surface area contributed by atoms with Crippen LogP contribution < -0.4 is 5.32 Å². The van der Waals surface area contributed by atoms with Crippen molar-refractivity contribution >= 4 is 11.9 Å². The lowest BCUT2D eigenvalue weighted by Gasteiger charge is -2.24. The Kier molecular flexibility index (Phi) is 51.5. The first-order valence-electron chi connectivity index (χ1n) is 28.5. The Balaban J connectivity index is 4.60. The maximum atomic E-state index is 13.3. The molecule has 0 aliphatic heterocycles. The van der Waals surface area contributed by atoms with E-state index in [1.54, 1.807) is 0 Å². The molecule has 0 aliphatic rings. The van der Waals surface area contributed by atoms with Gasteiger partial charge in [0.1, 0.15) is 6.10 Å². The lowest BCUT2D eigenvalue weighted by Crippen LogP contribution is -2.46. The minimum absolute atomic E-state index is 0.0663. The van der Waals surface area contributed by atoms with Crippen LogP contribution in [0.3, 0.4) is 0 Å². The number of rotatable bonds is 51. The number of nitrogens with one attached hydrogen (secondary N) is 1. The van der Waals surface area contributed by atoms with Crippen molar-refractivity contribution in [3.8, 4) is 0 Å². The molecule has 6 heteroatoms. The Labute approximate surface area is 409 Å². The van der Waals surface area contributed by atoms with Gasteiger partial charge in [-0.3, -0.25) is 9.59 Å². The average molecular weight is 925 g/mol. The van der Waals surface area contributed by atoms with Crippen LogP contribution in [0.4, 0.5) is 0 Å². The maximum Gasteiger partial charge on any atom is 0.306 e. The highest BCUT2D eigenvalue weighted by Gasteiger charge is 2.24. The smallest absolute Gasteiger partial charge is 0.306 e. The summed E-state index contributed by atoms with van der Waals surface area (Å²) in [6, 6.07) is -0.708. The van der Waals surface area contributed by atoms with E-state index in [1.807, 2.05) is 0 Å². The van der Waals surface area contributed by atoms with Crippen LogP contribution >= 0.6 is 0 Å².